The van der Waals surface area contributed by atoms with Crippen molar-refractivity contribution in [3.05, 3.63) is 41.8 Å². The van der Waals surface area contributed by atoms with E-state index >= 15 is 0 Å². The fourth-order valence-electron chi connectivity index (χ4n) is 2.94. The van der Waals surface area contributed by atoms with Crippen molar-refractivity contribution in [2.75, 3.05) is 24.7 Å². The Morgan fingerprint density at radius 1 is 1.15 bits per heavy atom. The molecule has 10 heteroatoms. The molecule has 146 valence electrons. The molecule has 1 saturated heterocycles. The molecule has 0 bridgehead atoms. The van der Waals surface area contributed by atoms with Crippen molar-refractivity contribution < 1.29 is 21.6 Å². The summed E-state index contributed by atoms with van der Waals surface area (Å²) in [5.41, 5.74) is 0.477. The molecule has 0 radical (unpaired) electrons. The van der Waals surface area contributed by atoms with Gasteiger partial charge >= 0.3 is 0 Å². The zero-order valence-electron chi connectivity index (χ0n) is 14.7. The molecule has 7 nitrogen and oxygen atoms in total. The van der Waals surface area contributed by atoms with Gasteiger partial charge in [-0.3, -0.25) is 4.79 Å². The van der Waals surface area contributed by atoms with Gasteiger partial charge in [-0.1, -0.05) is 6.07 Å². The Kier molecular flexibility index (Phi) is 5.71. The number of sulfonamides is 1. The highest BCUT2D eigenvalue weighted by molar-refractivity contribution is 7.91. The van der Waals surface area contributed by atoms with E-state index in [1.165, 1.54) is 28.6 Å². The summed E-state index contributed by atoms with van der Waals surface area (Å²) in [4.78, 5) is 12.7. The van der Waals surface area contributed by atoms with Gasteiger partial charge in [-0.15, -0.1) is 11.3 Å². The first-order chi connectivity index (χ1) is 12.7. The van der Waals surface area contributed by atoms with E-state index in [9.17, 15) is 21.6 Å². The minimum Gasteiger partial charge on any atom is -0.326 e. The minimum atomic E-state index is -3.57. The number of benzene rings is 1. The average molecular weight is 429 g/mol. The van der Waals surface area contributed by atoms with Crippen LogP contribution in [0.15, 0.2) is 50.9 Å². The Morgan fingerprint density at radius 3 is 2.44 bits per heavy atom. The number of nitrogens with one attached hydrogen (secondary N) is 1. The molecule has 1 fully saturated rings. The Labute approximate surface area is 163 Å². The first-order valence-corrected chi connectivity index (χ1v) is 12.5. The highest BCUT2D eigenvalue weighted by Crippen LogP contribution is 2.27. The van der Waals surface area contributed by atoms with E-state index in [-0.39, 0.29) is 21.6 Å². The van der Waals surface area contributed by atoms with Crippen LogP contribution in [0.3, 0.4) is 0 Å². The van der Waals surface area contributed by atoms with Gasteiger partial charge in [-0.05, 0) is 48.6 Å². The van der Waals surface area contributed by atoms with Gasteiger partial charge in [0, 0.05) is 25.0 Å². The summed E-state index contributed by atoms with van der Waals surface area (Å²) in [6.45, 7) is 0.528. The number of carbonyl (C=O) groups excluding carboxylic acids is 1. The van der Waals surface area contributed by atoms with Crippen molar-refractivity contribution in [1.29, 1.82) is 0 Å². The Morgan fingerprint density at radius 2 is 1.85 bits per heavy atom. The molecule has 1 aliphatic heterocycles. The number of piperidine rings is 1. The molecule has 0 spiro atoms. The Hall–Kier alpha value is -1.75. The maximum absolute atomic E-state index is 12.7. The van der Waals surface area contributed by atoms with E-state index in [4.69, 9.17) is 0 Å². The molecule has 3 rings (SSSR count). The molecule has 0 aliphatic carbocycles. The van der Waals surface area contributed by atoms with Gasteiger partial charge in [-0.25, -0.2) is 16.8 Å². The standard InChI is InChI=1S/C17H20N2O5S3/c1-26(21,22)15-8-6-14(7-9-15)18-17(20)13-4-2-10-19(12-13)27(23,24)16-5-3-11-25-16/h3,5-9,11,13H,2,4,10,12H2,1H3,(H,18,20). The van der Waals surface area contributed by atoms with Gasteiger partial charge in [0.05, 0.1) is 10.8 Å². The van der Waals surface area contributed by atoms with E-state index in [1.807, 2.05) is 0 Å². The van der Waals surface area contributed by atoms with Crippen LogP contribution in [-0.2, 0) is 24.7 Å². The van der Waals surface area contributed by atoms with Crippen LogP contribution in [0, 0.1) is 5.92 Å². The number of anilines is 1. The van der Waals surface area contributed by atoms with Crippen LogP contribution in [0.1, 0.15) is 12.8 Å². The molecule has 1 aromatic heterocycles. The molecule has 1 aromatic carbocycles. The molecular weight excluding hydrogens is 408 g/mol. The minimum absolute atomic E-state index is 0.132. The van der Waals surface area contributed by atoms with Gasteiger partial charge in [0.1, 0.15) is 4.21 Å². The maximum atomic E-state index is 12.7. The lowest BCUT2D eigenvalue weighted by Crippen LogP contribution is -2.43. The zero-order chi connectivity index (χ0) is 19.7. The van der Waals surface area contributed by atoms with Crippen LogP contribution in [-0.4, -0.2) is 46.4 Å². The lowest BCUT2D eigenvalue weighted by atomic mass is 9.99. The molecule has 1 N–H and O–H groups in total. The van der Waals surface area contributed by atoms with Crippen molar-refractivity contribution in [2.24, 2.45) is 5.92 Å². The van der Waals surface area contributed by atoms with Crippen LogP contribution >= 0.6 is 11.3 Å². The summed E-state index contributed by atoms with van der Waals surface area (Å²) in [6, 6.07) is 9.16. The van der Waals surface area contributed by atoms with Gasteiger partial charge < -0.3 is 5.32 Å². The SMILES string of the molecule is CS(=O)(=O)c1ccc(NC(=O)C2CCCN(S(=O)(=O)c3cccs3)C2)cc1. The molecule has 1 unspecified atom stereocenters. The lowest BCUT2D eigenvalue weighted by Gasteiger charge is -2.30. The number of carbonyl (C=O) groups is 1. The average Bonchev–Trinajstić information content (AvgIpc) is 3.17. The number of thiophene rings is 1. The number of rotatable bonds is 5. The fourth-order valence-corrected chi connectivity index (χ4v) is 6.24. The smallest absolute Gasteiger partial charge is 0.252 e. The number of hydrogen-bond acceptors (Lipinski definition) is 6. The van der Waals surface area contributed by atoms with Gasteiger partial charge in [0.2, 0.25) is 5.91 Å². The largest absolute Gasteiger partial charge is 0.326 e. The van der Waals surface area contributed by atoms with E-state index in [2.05, 4.69) is 5.32 Å². The molecule has 2 heterocycles. The third-order valence-electron chi connectivity index (χ3n) is 4.39. The Balaban J connectivity index is 1.68. The third-order valence-corrected chi connectivity index (χ3v) is 8.76. The van der Waals surface area contributed by atoms with Crippen molar-refractivity contribution in [2.45, 2.75) is 21.9 Å². The van der Waals surface area contributed by atoms with Crippen molar-refractivity contribution in [3.63, 3.8) is 0 Å². The molecule has 2 aromatic rings. The maximum Gasteiger partial charge on any atom is 0.252 e. The first-order valence-electron chi connectivity index (χ1n) is 8.32. The van der Waals surface area contributed by atoms with Gasteiger partial charge in [-0.2, -0.15) is 4.31 Å². The van der Waals surface area contributed by atoms with Crippen LogP contribution < -0.4 is 5.32 Å². The number of hydrogen-bond donors (Lipinski definition) is 1. The van der Waals surface area contributed by atoms with Crippen LogP contribution in [0.2, 0.25) is 0 Å². The molecule has 1 amide bonds. The van der Waals surface area contributed by atoms with E-state index < -0.39 is 25.8 Å². The number of nitrogens with zero attached hydrogens (tertiary/aromatic N) is 1. The van der Waals surface area contributed by atoms with Crippen molar-refractivity contribution >= 4 is 42.8 Å². The molecule has 0 saturated carbocycles. The zero-order valence-corrected chi connectivity index (χ0v) is 17.1. The monoisotopic (exact) mass is 428 g/mol. The Bertz CT molecular complexity index is 1010. The predicted molar refractivity (Wildman–Crippen MR) is 104 cm³/mol. The second kappa shape index (κ2) is 7.70. The summed E-state index contributed by atoms with van der Waals surface area (Å²) in [5, 5.41) is 4.45. The topological polar surface area (TPSA) is 101 Å². The first kappa shape index (κ1) is 20.0. The van der Waals surface area contributed by atoms with Crippen LogP contribution in [0.25, 0.3) is 0 Å². The highest BCUT2D eigenvalue weighted by atomic mass is 32.2. The van der Waals surface area contributed by atoms with Gasteiger partial charge in [0.25, 0.3) is 10.0 Å². The number of amides is 1. The van der Waals surface area contributed by atoms with Gasteiger partial charge in [0.15, 0.2) is 9.84 Å². The van der Waals surface area contributed by atoms with Crippen LogP contribution in [0.4, 0.5) is 5.69 Å². The van der Waals surface area contributed by atoms with Crippen molar-refractivity contribution in [3.8, 4) is 0 Å². The van der Waals surface area contributed by atoms with E-state index in [1.54, 1.807) is 17.5 Å². The summed E-state index contributed by atoms with van der Waals surface area (Å²) < 4.78 is 49.9. The summed E-state index contributed by atoms with van der Waals surface area (Å²) >= 11 is 1.16. The molecular formula is C17H20N2O5S3. The van der Waals surface area contributed by atoms with Crippen molar-refractivity contribution in [1.82, 2.24) is 4.31 Å². The normalized spacial score (nSPS) is 18.9. The second-order valence-electron chi connectivity index (χ2n) is 6.42. The second-order valence-corrected chi connectivity index (χ2v) is 11.5. The van der Waals surface area contributed by atoms with E-state index in [0.717, 1.165) is 17.6 Å². The third kappa shape index (κ3) is 4.57. The fraction of sp³-hybridized carbons (Fsp3) is 0.353. The molecule has 27 heavy (non-hydrogen) atoms. The number of sulfone groups is 1. The summed E-state index contributed by atoms with van der Waals surface area (Å²) in [6.07, 6.45) is 2.32. The quantitative estimate of drug-likeness (QED) is 0.787. The molecule has 1 aliphatic rings. The summed E-state index contributed by atoms with van der Waals surface area (Å²) in [5.74, 6) is -0.726. The predicted octanol–water partition coefficient (Wildman–Crippen LogP) is 2.19. The molecule has 1 atom stereocenters. The van der Waals surface area contributed by atoms with E-state index in [0.29, 0.717) is 25.1 Å². The highest BCUT2D eigenvalue weighted by Gasteiger charge is 2.33. The summed E-state index contributed by atoms with van der Waals surface area (Å²) in [7, 11) is -6.87. The van der Waals surface area contributed by atoms with Crippen LogP contribution in [0.5, 0.6) is 0 Å². The lowest BCUT2D eigenvalue weighted by molar-refractivity contribution is -0.120.